The fourth-order valence-electron chi connectivity index (χ4n) is 3.22. The van der Waals surface area contributed by atoms with Crippen LogP contribution in [-0.4, -0.2) is 63.1 Å². The molecular weight excluding hydrogens is 340 g/mol. The zero-order valence-corrected chi connectivity index (χ0v) is 15.7. The van der Waals surface area contributed by atoms with Gasteiger partial charge in [-0.25, -0.2) is 4.98 Å². The normalized spacial score (nSPS) is 20.1. The monoisotopic (exact) mass is 364 g/mol. The fourth-order valence-corrected chi connectivity index (χ4v) is 4.37. The number of piperazine rings is 1. The highest BCUT2D eigenvalue weighted by molar-refractivity contribution is 7.99. The Morgan fingerprint density at radius 1 is 1.24 bits per heavy atom. The van der Waals surface area contributed by atoms with Gasteiger partial charge in [0.2, 0.25) is 11.8 Å². The summed E-state index contributed by atoms with van der Waals surface area (Å²) in [5, 5.41) is 0.718. The molecule has 1 aromatic rings. The topological polar surface area (TPSA) is 75.5 Å². The van der Waals surface area contributed by atoms with Crippen molar-refractivity contribution in [1.29, 1.82) is 0 Å². The zero-order valence-electron chi connectivity index (χ0n) is 14.9. The Labute approximate surface area is 151 Å². The maximum Gasteiger partial charge on any atom is 0.254 e. The van der Waals surface area contributed by atoms with Gasteiger partial charge in [-0.1, -0.05) is 25.6 Å². The molecule has 0 N–H and O–H groups in total. The van der Waals surface area contributed by atoms with Crippen molar-refractivity contribution in [3.05, 3.63) is 22.1 Å². The Balaban J connectivity index is 1.67. The summed E-state index contributed by atoms with van der Waals surface area (Å²) in [6, 6.07) is 1.45. The van der Waals surface area contributed by atoms with E-state index in [1.807, 2.05) is 13.8 Å². The van der Waals surface area contributed by atoms with Crippen molar-refractivity contribution in [3.8, 4) is 0 Å². The van der Waals surface area contributed by atoms with Gasteiger partial charge in [-0.3, -0.25) is 19.0 Å². The molecule has 1 fully saturated rings. The van der Waals surface area contributed by atoms with Crippen LogP contribution in [-0.2, 0) is 9.59 Å². The third kappa shape index (κ3) is 3.73. The molecule has 25 heavy (non-hydrogen) atoms. The highest BCUT2D eigenvalue weighted by Gasteiger charge is 2.30. The molecule has 3 heterocycles. The van der Waals surface area contributed by atoms with Gasteiger partial charge in [0.15, 0.2) is 5.16 Å². The first kappa shape index (κ1) is 18.0. The van der Waals surface area contributed by atoms with Crippen LogP contribution in [0.2, 0.25) is 0 Å². The number of aromatic nitrogens is 2. The number of carbonyl (C=O) groups is 2. The number of nitrogens with zero attached hydrogens (tertiary/aromatic N) is 4. The number of thioether (sulfide) groups is 1. The molecule has 7 nitrogen and oxygen atoms in total. The maximum atomic E-state index is 12.6. The molecule has 1 saturated heterocycles. The van der Waals surface area contributed by atoms with Crippen molar-refractivity contribution in [2.24, 2.45) is 0 Å². The number of hydrogen-bond acceptors (Lipinski definition) is 5. The predicted molar refractivity (Wildman–Crippen MR) is 95.8 cm³/mol. The van der Waals surface area contributed by atoms with Gasteiger partial charge in [-0.2, -0.15) is 0 Å². The number of carbonyl (C=O) groups excluding carboxylic acids is 2. The first-order valence-electron chi connectivity index (χ1n) is 8.66. The first-order valence-corrected chi connectivity index (χ1v) is 9.65. The molecule has 2 aliphatic heterocycles. The third-order valence-corrected chi connectivity index (χ3v) is 5.89. The summed E-state index contributed by atoms with van der Waals surface area (Å²) in [6.07, 6.45) is 0.308. The first-order chi connectivity index (χ1) is 11.9. The summed E-state index contributed by atoms with van der Waals surface area (Å²) < 4.78 is 1.67. The van der Waals surface area contributed by atoms with Crippen LogP contribution in [0, 0.1) is 0 Å². The van der Waals surface area contributed by atoms with Crippen molar-refractivity contribution in [2.75, 3.05) is 31.9 Å². The quantitative estimate of drug-likeness (QED) is 0.751. The van der Waals surface area contributed by atoms with Gasteiger partial charge < -0.3 is 9.80 Å². The zero-order chi connectivity index (χ0) is 18.1. The number of amides is 2. The van der Waals surface area contributed by atoms with Crippen molar-refractivity contribution >= 4 is 23.6 Å². The van der Waals surface area contributed by atoms with Crippen molar-refractivity contribution in [1.82, 2.24) is 19.4 Å². The summed E-state index contributed by atoms with van der Waals surface area (Å²) in [5.41, 5.74) is 0.731. The summed E-state index contributed by atoms with van der Waals surface area (Å²) in [7, 11) is 0. The highest BCUT2D eigenvalue weighted by Crippen LogP contribution is 2.33. The lowest BCUT2D eigenvalue weighted by Gasteiger charge is -2.34. The predicted octanol–water partition coefficient (Wildman–Crippen LogP) is 1.09. The van der Waals surface area contributed by atoms with Crippen LogP contribution in [0.15, 0.2) is 16.0 Å². The second-order valence-electron chi connectivity index (χ2n) is 6.88. The molecule has 1 aromatic heterocycles. The lowest BCUT2D eigenvalue weighted by molar-refractivity contribution is -0.138. The van der Waals surface area contributed by atoms with E-state index < -0.39 is 0 Å². The second-order valence-corrected chi connectivity index (χ2v) is 7.87. The average Bonchev–Trinajstić information content (AvgIpc) is 2.98. The van der Waals surface area contributed by atoms with E-state index in [1.54, 1.807) is 39.1 Å². The van der Waals surface area contributed by atoms with E-state index >= 15 is 0 Å². The van der Waals surface area contributed by atoms with Gasteiger partial charge in [-0.05, 0) is 5.92 Å². The van der Waals surface area contributed by atoms with Gasteiger partial charge in [0.1, 0.15) is 0 Å². The van der Waals surface area contributed by atoms with Crippen LogP contribution in [0.25, 0.3) is 0 Å². The van der Waals surface area contributed by atoms with E-state index in [2.05, 4.69) is 4.98 Å². The summed E-state index contributed by atoms with van der Waals surface area (Å²) in [4.78, 5) is 44.6. The minimum atomic E-state index is -0.139. The molecule has 1 atom stereocenters. The molecule has 0 bridgehead atoms. The maximum absolute atomic E-state index is 12.6. The molecule has 0 aliphatic carbocycles. The Bertz CT molecular complexity index is 738. The number of hydrogen-bond donors (Lipinski definition) is 0. The molecule has 0 saturated carbocycles. The van der Waals surface area contributed by atoms with Gasteiger partial charge in [0, 0.05) is 51.3 Å². The molecule has 1 unspecified atom stereocenters. The van der Waals surface area contributed by atoms with Gasteiger partial charge in [0.05, 0.1) is 11.7 Å². The standard InChI is InChI=1S/C17H24N4O3S/c1-11(2)14-9-16(24)21-13(10-25-17(21)18-14)8-15(23)20-6-4-19(5-7-20)12(3)22/h9,11,13H,4-8,10H2,1-3H3. The average molecular weight is 364 g/mol. The van der Waals surface area contributed by atoms with Crippen LogP contribution >= 0.6 is 11.8 Å². The Morgan fingerprint density at radius 2 is 1.88 bits per heavy atom. The Hall–Kier alpha value is -1.83. The van der Waals surface area contributed by atoms with Gasteiger partial charge in [-0.15, -0.1) is 0 Å². The fraction of sp³-hybridized carbons (Fsp3) is 0.647. The van der Waals surface area contributed by atoms with E-state index in [0.29, 0.717) is 38.4 Å². The number of rotatable bonds is 3. The lowest BCUT2D eigenvalue weighted by Crippen LogP contribution is -2.50. The molecule has 0 spiro atoms. The second kappa shape index (κ2) is 7.19. The van der Waals surface area contributed by atoms with Crippen LogP contribution in [0.1, 0.15) is 44.8 Å². The van der Waals surface area contributed by atoms with Crippen molar-refractivity contribution in [2.45, 2.75) is 44.3 Å². The summed E-state index contributed by atoms with van der Waals surface area (Å²) in [6.45, 7) is 7.86. The molecular formula is C17H24N4O3S. The Kier molecular flexibility index (Phi) is 5.17. The molecule has 136 valence electrons. The van der Waals surface area contributed by atoms with E-state index in [1.165, 1.54) is 0 Å². The van der Waals surface area contributed by atoms with E-state index in [4.69, 9.17) is 0 Å². The summed E-state index contributed by atoms with van der Waals surface area (Å²) in [5.74, 6) is 0.994. The molecule has 8 heteroatoms. The smallest absolute Gasteiger partial charge is 0.254 e. The van der Waals surface area contributed by atoms with Crippen LogP contribution in [0.3, 0.4) is 0 Å². The Morgan fingerprint density at radius 3 is 2.48 bits per heavy atom. The molecule has 2 amide bonds. The summed E-state index contributed by atoms with van der Waals surface area (Å²) >= 11 is 1.54. The largest absolute Gasteiger partial charge is 0.339 e. The van der Waals surface area contributed by atoms with Crippen molar-refractivity contribution < 1.29 is 9.59 Å². The molecule has 2 aliphatic rings. The van der Waals surface area contributed by atoms with Gasteiger partial charge >= 0.3 is 0 Å². The SMILES string of the molecule is CC(=O)N1CCN(C(=O)CC2CSc3nc(C(C)C)cc(=O)n32)CC1. The minimum Gasteiger partial charge on any atom is -0.339 e. The molecule has 3 rings (SSSR count). The van der Waals surface area contributed by atoms with Crippen LogP contribution in [0.5, 0.6) is 0 Å². The number of fused-ring (bicyclic) bond motifs is 1. The van der Waals surface area contributed by atoms with E-state index in [0.717, 1.165) is 10.9 Å². The molecule has 0 radical (unpaired) electrons. The minimum absolute atomic E-state index is 0.0430. The molecule has 0 aromatic carbocycles. The highest BCUT2D eigenvalue weighted by atomic mass is 32.2. The lowest BCUT2D eigenvalue weighted by atomic mass is 10.1. The third-order valence-electron chi connectivity index (χ3n) is 4.79. The van der Waals surface area contributed by atoms with Crippen molar-refractivity contribution in [3.63, 3.8) is 0 Å². The van der Waals surface area contributed by atoms with Crippen LogP contribution in [0.4, 0.5) is 0 Å². The van der Waals surface area contributed by atoms with Gasteiger partial charge in [0.25, 0.3) is 5.56 Å². The van der Waals surface area contributed by atoms with E-state index in [9.17, 15) is 14.4 Å². The van der Waals surface area contributed by atoms with E-state index in [-0.39, 0.29) is 29.3 Å². The van der Waals surface area contributed by atoms with Crippen LogP contribution < -0.4 is 5.56 Å².